The summed E-state index contributed by atoms with van der Waals surface area (Å²) in [7, 11) is -3.06. The largest absolute Gasteiger partial charge is 0.455 e. The van der Waals surface area contributed by atoms with E-state index >= 15 is 0 Å². The molecular weight excluding hydrogens is 376 g/mol. The molecule has 1 atom stereocenters. The van der Waals surface area contributed by atoms with Gasteiger partial charge in [0.05, 0.1) is 11.4 Å². The molecule has 0 fully saturated rings. The first-order chi connectivity index (χ1) is 13.3. The number of nitrogens with one attached hydrogen (secondary N) is 1. The molecule has 1 unspecified atom stereocenters. The third-order valence-corrected chi connectivity index (χ3v) is 5.42. The maximum atomic E-state index is 12.4. The van der Waals surface area contributed by atoms with Crippen molar-refractivity contribution in [3.8, 4) is 11.5 Å². The maximum Gasteiger partial charge on any atom is 0.225 e. The van der Waals surface area contributed by atoms with Crippen LogP contribution in [0.25, 0.3) is 0 Å². The highest BCUT2D eigenvalue weighted by Gasteiger charge is 2.18. The van der Waals surface area contributed by atoms with Gasteiger partial charge in [0, 0.05) is 25.3 Å². The molecule has 2 aromatic rings. The Bertz CT molecular complexity index is 869. The summed E-state index contributed by atoms with van der Waals surface area (Å²) in [6.45, 7) is 4.99. The molecule has 0 heterocycles. The summed E-state index contributed by atoms with van der Waals surface area (Å²) in [5.74, 6) is 1.20. The molecule has 0 saturated heterocycles. The van der Waals surface area contributed by atoms with Gasteiger partial charge in [0.15, 0.2) is 5.75 Å². The molecule has 2 aromatic carbocycles. The van der Waals surface area contributed by atoms with E-state index in [9.17, 15) is 13.2 Å². The van der Waals surface area contributed by atoms with Crippen LogP contribution >= 0.6 is 0 Å². The lowest BCUT2D eigenvalue weighted by atomic mass is 10.2. The Morgan fingerprint density at radius 2 is 1.75 bits per heavy atom. The van der Waals surface area contributed by atoms with E-state index in [0.717, 1.165) is 0 Å². The highest BCUT2D eigenvalue weighted by Crippen LogP contribution is 2.29. The fourth-order valence-electron chi connectivity index (χ4n) is 2.97. The number of benzene rings is 2. The zero-order valence-electron chi connectivity index (χ0n) is 16.6. The summed E-state index contributed by atoms with van der Waals surface area (Å²) in [4.78, 5) is 14.4. The Morgan fingerprint density at radius 3 is 2.39 bits per heavy atom. The van der Waals surface area contributed by atoms with E-state index in [4.69, 9.17) is 4.74 Å². The number of amides is 1. The van der Waals surface area contributed by atoms with Crippen molar-refractivity contribution in [3.05, 3.63) is 54.6 Å². The van der Waals surface area contributed by atoms with E-state index in [1.807, 2.05) is 61.2 Å². The molecule has 0 aliphatic carbocycles. The molecule has 1 amide bonds. The van der Waals surface area contributed by atoms with Crippen molar-refractivity contribution in [2.24, 2.45) is 0 Å². The van der Waals surface area contributed by atoms with Crippen molar-refractivity contribution in [2.45, 2.75) is 26.3 Å². The van der Waals surface area contributed by atoms with Gasteiger partial charge in [-0.1, -0.05) is 37.3 Å². The van der Waals surface area contributed by atoms with E-state index < -0.39 is 9.84 Å². The van der Waals surface area contributed by atoms with Crippen LogP contribution in [0.3, 0.4) is 0 Å². The molecule has 2 rings (SSSR count). The molecule has 7 heteroatoms. The van der Waals surface area contributed by atoms with Crippen molar-refractivity contribution < 1.29 is 17.9 Å². The molecule has 0 radical (unpaired) electrons. The number of carbonyl (C=O) groups is 1. The van der Waals surface area contributed by atoms with Crippen LogP contribution in [0.15, 0.2) is 54.6 Å². The Morgan fingerprint density at radius 1 is 1.11 bits per heavy atom. The first-order valence-corrected chi connectivity index (χ1v) is 11.4. The van der Waals surface area contributed by atoms with Crippen LogP contribution in [0.2, 0.25) is 0 Å². The first kappa shape index (κ1) is 21.9. The summed E-state index contributed by atoms with van der Waals surface area (Å²) >= 11 is 0. The van der Waals surface area contributed by atoms with Crippen LogP contribution in [0.4, 0.5) is 5.69 Å². The molecule has 0 aliphatic rings. The molecule has 0 spiro atoms. The van der Waals surface area contributed by atoms with E-state index in [2.05, 4.69) is 5.32 Å². The molecule has 152 valence electrons. The standard InChI is InChI=1S/C21H28N2O4S/c1-4-23(17(2)16-28(3,25)26)15-14-21(24)22-19-12-8-9-13-20(19)27-18-10-6-5-7-11-18/h5-13,17H,4,14-16H2,1-3H3,(H,22,24). The average molecular weight is 405 g/mol. The number of hydrogen-bond donors (Lipinski definition) is 1. The lowest BCUT2D eigenvalue weighted by Gasteiger charge is -2.27. The Balaban J connectivity index is 1.96. The second-order valence-electron chi connectivity index (χ2n) is 6.78. The quantitative estimate of drug-likeness (QED) is 0.655. The Kier molecular flexibility index (Phi) is 8.02. The zero-order chi connectivity index (χ0) is 20.6. The van der Waals surface area contributed by atoms with Gasteiger partial charge in [-0.15, -0.1) is 0 Å². The van der Waals surface area contributed by atoms with Crippen molar-refractivity contribution in [3.63, 3.8) is 0 Å². The zero-order valence-corrected chi connectivity index (χ0v) is 17.4. The van der Waals surface area contributed by atoms with Gasteiger partial charge < -0.3 is 10.1 Å². The first-order valence-electron chi connectivity index (χ1n) is 9.32. The molecule has 0 aliphatic heterocycles. The van der Waals surface area contributed by atoms with Crippen LogP contribution in [0.5, 0.6) is 11.5 Å². The molecular formula is C21H28N2O4S. The number of hydrogen-bond acceptors (Lipinski definition) is 5. The highest BCUT2D eigenvalue weighted by atomic mass is 32.2. The Hall–Kier alpha value is -2.38. The van der Waals surface area contributed by atoms with Crippen LogP contribution in [-0.4, -0.2) is 50.4 Å². The monoisotopic (exact) mass is 404 g/mol. The minimum absolute atomic E-state index is 0.0796. The summed E-state index contributed by atoms with van der Waals surface area (Å²) < 4.78 is 28.9. The van der Waals surface area contributed by atoms with Crippen molar-refractivity contribution in [1.29, 1.82) is 0 Å². The van der Waals surface area contributed by atoms with Gasteiger partial charge in [-0.3, -0.25) is 9.69 Å². The Labute approximate surface area is 167 Å². The third-order valence-electron chi connectivity index (χ3n) is 4.33. The fraction of sp³-hybridized carbons (Fsp3) is 0.381. The number of sulfone groups is 1. The SMILES string of the molecule is CCN(CCC(=O)Nc1ccccc1Oc1ccccc1)C(C)CS(C)(=O)=O. The molecule has 6 nitrogen and oxygen atoms in total. The van der Waals surface area contributed by atoms with Gasteiger partial charge >= 0.3 is 0 Å². The molecule has 0 aromatic heterocycles. The normalized spacial score (nSPS) is 12.6. The van der Waals surface area contributed by atoms with Crippen molar-refractivity contribution >= 4 is 21.4 Å². The van der Waals surface area contributed by atoms with Gasteiger partial charge in [0.25, 0.3) is 0 Å². The van der Waals surface area contributed by atoms with Crippen molar-refractivity contribution in [2.75, 3.05) is 30.4 Å². The topological polar surface area (TPSA) is 75.7 Å². The lowest BCUT2D eigenvalue weighted by molar-refractivity contribution is -0.116. The number of rotatable bonds is 10. The minimum Gasteiger partial charge on any atom is -0.455 e. The number of carbonyl (C=O) groups excluding carboxylic acids is 1. The van der Waals surface area contributed by atoms with Gasteiger partial charge in [-0.25, -0.2) is 8.42 Å². The predicted molar refractivity (Wildman–Crippen MR) is 113 cm³/mol. The highest BCUT2D eigenvalue weighted by molar-refractivity contribution is 7.90. The van der Waals surface area contributed by atoms with Crippen LogP contribution in [-0.2, 0) is 14.6 Å². The van der Waals surface area contributed by atoms with Gasteiger partial charge in [-0.2, -0.15) is 0 Å². The second-order valence-corrected chi connectivity index (χ2v) is 8.96. The maximum absolute atomic E-state index is 12.4. The summed E-state index contributed by atoms with van der Waals surface area (Å²) in [6, 6.07) is 16.5. The van der Waals surface area contributed by atoms with Crippen LogP contribution in [0, 0.1) is 0 Å². The smallest absolute Gasteiger partial charge is 0.225 e. The second kappa shape index (κ2) is 10.2. The molecule has 0 saturated carbocycles. The molecule has 1 N–H and O–H groups in total. The van der Waals surface area contributed by atoms with E-state index in [1.165, 1.54) is 6.26 Å². The van der Waals surface area contributed by atoms with Gasteiger partial charge in [-0.05, 0) is 37.7 Å². The summed E-state index contributed by atoms with van der Waals surface area (Å²) in [6.07, 6.45) is 1.50. The van der Waals surface area contributed by atoms with Gasteiger partial charge in [0.1, 0.15) is 15.6 Å². The molecule has 28 heavy (non-hydrogen) atoms. The lowest BCUT2D eigenvalue weighted by Crippen LogP contribution is -2.39. The van der Waals surface area contributed by atoms with Crippen LogP contribution < -0.4 is 10.1 Å². The fourth-order valence-corrected chi connectivity index (χ4v) is 4.05. The summed E-state index contributed by atoms with van der Waals surface area (Å²) in [5, 5.41) is 2.89. The van der Waals surface area contributed by atoms with E-state index in [-0.39, 0.29) is 24.1 Å². The average Bonchev–Trinajstić information content (AvgIpc) is 2.63. The van der Waals surface area contributed by atoms with Crippen LogP contribution in [0.1, 0.15) is 20.3 Å². The minimum atomic E-state index is -3.06. The van der Waals surface area contributed by atoms with E-state index in [0.29, 0.717) is 30.3 Å². The molecule has 0 bridgehead atoms. The third kappa shape index (κ3) is 7.32. The van der Waals surface area contributed by atoms with Gasteiger partial charge in [0.2, 0.25) is 5.91 Å². The number of anilines is 1. The van der Waals surface area contributed by atoms with Crippen molar-refractivity contribution in [1.82, 2.24) is 4.90 Å². The predicted octanol–water partition coefficient (Wildman–Crippen LogP) is 3.56. The number of ether oxygens (including phenoxy) is 1. The number of para-hydroxylation sites is 3. The van der Waals surface area contributed by atoms with E-state index in [1.54, 1.807) is 12.1 Å². The number of nitrogens with zero attached hydrogens (tertiary/aromatic N) is 1. The summed E-state index contributed by atoms with van der Waals surface area (Å²) in [5.41, 5.74) is 0.601.